The summed E-state index contributed by atoms with van der Waals surface area (Å²) in [6.07, 6.45) is 3.16. The third-order valence-corrected chi connectivity index (χ3v) is 5.59. The van der Waals surface area contributed by atoms with Crippen LogP contribution in [0, 0.1) is 0 Å². The number of nitrogens with zero attached hydrogens (tertiary/aromatic N) is 4. The highest BCUT2D eigenvalue weighted by Gasteiger charge is 2.12. The van der Waals surface area contributed by atoms with Crippen LogP contribution in [-0.2, 0) is 5.75 Å². The zero-order valence-electron chi connectivity index (χ0n) is 14.9. The van der Waals surface area contributed by atoms with E-state index in [2.05, 4.69) is 15.0 Å². The lowest BCUT2D eigenvalue weighted by Gasteiger charge is -2.08. The highest BCUT2D eigenvalue weighted by molar-refractivity contribution is 7.98. The van der Waals surface area contributed by atoms with E-state index < -0.39 is 0 Å². The van der Waals surface area contributed by atoms with Crippen molar-refractivity contribution < 1.29 is 4.42 Å². The van der Waals surface area contributed by atoms with Gasteiger partial charge >= 0.3 is 0 Å². The van der Waals surface area contributed by atoms with Crippen molar-refractivity contribution in [3.63, 3.8) is 0 Å². The van der Waals surface area contributed by atoms with Crippen LogP contribution in [-0.4, -0.2) is 19.4 Å². The van der Waals surface area contributed by atoms with E-state index in [0.717, 1.165) is 15.9 Å². The Kier molecular flexibility index (Phi) is 4.54. The van der Waals surface area contributed by atoms with Crippen molar-refractivity contribution in [1.29, 1.82) is 0 Å². The molecule has 142 valence electrons. The van der Waals surface area contributed by atoms with Gasteiger partial charge < -0.3 is 4.42 Å². The molecule has 5 rings (SSSR count). The fourth-order valence-corrected chi connectivity index (χ4v) is 4.09. The van der Waals surface area contributed by atoms with Crippen LogP contribution in [0.25, 0.3) is 28.1 Å². The van der Waals surface area contributed by atoms with Crippen LogP contribution in [0.2, 0.25) is 5.02 Å². The Morgan fingerprint density at radius 1 is 1.03 bits per heavy atom. The number of halogens is 1. The maximum Gasteiger partial charge on any atom is 0.258 e. The van der Waals surface area contributed by atoms with Gasteiger partial charge in [0, 0.05) is 23.4 Å². The molecule has 4 heterocycles. The van der Waals surface area contributed by atoms with Gasteiger partial charge in [0.25, 0.3) is 5.56 Å². The second kappa shape index (κ2) is 7.35. The first kappa shape index (κ1) is 17.9. The molecule has 0 atom stereocenters. The Hall–Kier alpha value is -3.16. The van der Waals surface area contributed by atoms with E-state index in [1.807, 2.05) is 30.3 Å². The van der Waals surface area contributed by atoms with Crippen molar-refractivity contribution in [2.75, 3.05) is 0 Å². The molecular weight excluding hydrogens is 408 g/mol. The topological polar surface area (TPSA) is 73.3 Å². The summed E-state index contributed by atoms with van der Waals surface area (Å²) >= 11 is 7.48. The highest BCUT2D eigenvalue weighted by Crippen LogP contribution is 2.30. The number of aromatic nitrogens is 4. The summed E-state index contributed by atoms with van der Waals surface area (Å²) in [5.41, 5.74) is 1.89. The minimum atomic E-state index is -0.170. The molecule has 0 radical (unpaired) electrons. The maximum atomic E-state index is 12.4. The summed E-state index contributed by atoms with van der Waals surface area (Å²) in [5.74, 6) is 1.63. The minimum Gasteiger partial charge on any atom is -0.461 e. The molecular formula is C21H13ClN4O2S. The Morgan fingerprint density at radius 3 is 2.79 bits per heavy atom. The van der Waals surface area contributed by atoms with Crippen molar-refractivity contribution in [3.05, 3.63) is 88.1 Å². The lowest BCUT2D eigenvalue weighted by atomic mass is 10.2. The lowest BCUT2D eigenvalue weighted by Crippen LogP contribution is -2.15. The number of hydrogen-bond acceptors (Lipinski definition) is 6. The summed E-state index contributed by atoms with van der Waals surface area (Å²) in [4.78, 5) is 26.2. The smallest absolute Gasteiger partial charge is 0.258 e. The molecule has 6 nitrogen and oxygen atoms in total. The van der Waals surface area contributed by atoms with E-state index in [-0.39, 0.29) is 5.56 Å². The predicted molar refractivity (Wildman–Crippen MR) is 113 cm³/mol. The van der Waals surface area contributed by atoms with Gasteiger partial charge in [-0.3, -0.25) is 9.20 Å². The summed E-state index contributed by atoms with van der Waals surface area (Å²) in [5, 5.41) is 2.23. The lowest BCUT2D eigenvalue weighted by molar-refractivity contribution is 0.577. The fraction of sp³-hybridized carbons (Fsp3) is 0.0476. The third-order valence-electron chi connectivity index (χ3n) is 4.34. The van der Waals surface area contributed by atoms with Crippen molar-refractivity contribution >= 4 is 39.9 Å². The molecule has 0 spiro atoms. The molecule has 0 N–H and O–H groups in total. The predicted octanol–water partition coefficient (Wildman–Crippen LogP) is 4.84. The third kappa shape index (κ3) is 3.50. The zero-order valence-corrected chi connectivity index (χ0v) is 16.5. The van der Waals surface area contributed by atoms with E-state index in [0.29, 0.717) is 33.7 Å². The maximum absolute atomic E-state index is 12.4. The number of furan rings is 1. The van der Waals surface area contributed by atoms with Gasteiger partial charge in [0.15, 0.2) is 11.6 Å². The van der Waals surface area contributed by atoms with Crippen LogP contribution in [0.15, 0.2) is 81.3 Å². The number of pyridine rings is 1. The number of rotatable bonds is 4. The quantitative estimate of drug-likeness (QED) is 0.306. The van der Waals surface area contributed by atoms with Crippen molar-refractivity contribution in [3.8, 4) is 11.6 Å². The first-order chi connectivity index (χ1) is 14.2. The Morgan fingerprint density at radius 2 is 1.93 bits per heavy atom. The van der Waals surface area contributed by atoms with Crippen LogP contribution in [0.3, 0.4) is 0 Å². The first-order valence-corrected chi connectivity index (χ1v) is 10.1. The van der Waals surface area contributed by atoms with Gasteiger partial charge in [-0.25, -0.2) is 15.0 Å². The second-order valence-electron chi connectivity index (χ2n) is 6.30. The van der Waals surface area contributed by atoms with E-state index in [9.17, 15) is 4.79 Å². The molecule has 0 aliphatic carbocycles. The fourth-order valence-electron chi connectivity index (χ4n) is 3.02. The normalized spacial score (nSPS) is 11.3. The molecule has 0 saturated carbocycles. The molecule has 0 saturated heterocycles. The van der Waals surface area contributed by atoms with Gasteiger partial charge in [0.2, 0.25) is 0 Å². The highest BCUT2D eigenvalue weighted by atomic mass is 35.5. The van der Waals surface area contributed by atoms with Crippen molar-refractivity contribution in [2.45, 2.75) is 10.8 Å². The summed E-state index contributed by atoms with van der Waals surface area (Å²) < 4.78 is 6.89. The van der Waals surface area contributed by atoms with E-state index in [1.54, 1.807) is 30.7 Å². The monoisotopic (exact) mass is 420 g/mol. The average Bonchev–Trinajstić information content (AvgIpc) is 3.27. The van der Waals surface area contributed by atoms with Crippen LogP contribution in [0.4, 0.5) is 0 Å². The molecule has 0 unspecified atom stereocenters. The first-order valence-electron chi connectivity index (χ1n) is 8.79. The number of hydrogen-bond donors (Lipinski definition) is 0. The summed E-state index contributed by atoms with van der Waals surface area (Å²) in [6, 6.07) is 16.4. The van der Waals surface area contributed by atoms with Gasteiger partial charge in [0.05, 0.1) is 22.5 Å². The van der Waals surface area contributed by atoms with Crippen LogP contribution in [0.5, 0.6) is 0 Å². The molecule has 0 aliphatic rings. The molecule has 0 fully saturated rings. The van der Waals surface area contributed by atoms with Gasteiger partial charge in [-0.15, -0.1) is 0 Å². The SMILES string of the molecule is O=c1cc(CSc2nc(-c3ccco3)nc3ccccc23)nc2ccc(Cl)cn12. The molecule has 4 aromatic heterocycles. The van der Waals surface area contributed by atoms with E-state index >= 15 is 0 Å². The largest absolute Gasteiger partial charge is 0.461 e. The van der Waals surface area contributed by atoms with Gasteiger partial charge in [0.1, 0.15) is 10.7 Å². The Labute approximate surface area is 174 Å². The number of benzene rings is 1. The Balaban J connectivity index is 1.53. The number of para-hydroxylation sites is 1. The van der Waals surface area contributed by atoms with Gasteiger partial charge in [-0.2, -0.15) is 0 Å². The molecule has 29 heavy (non-hydrogen) atoms. The van der Waals surface area contributed by atoms with Crippen LogP contribution in [0.1, 0.15) is 5.69 Å². The summed E-state index contributed by atoms with van der Waals surface area (Å²) in [6.45, 7) is 0. The minimum absolute atomic E-state index is 0.170. The molecule has 0 amide bonds. The van der Waals surface area contributed by atoms with Crippen LogP contribution < -0.4 is 5.56 Å². The summed E-state index contributed by atoms with van der Waals surface area (Å²) in [7, 11) is 0. The Bertz CT molecular complexity index is 1400. The zero-order chi connectivity index (χ0) is 19.8. The van der Waals surface area contributed by atoms with Crippen LogP contribution >= 0.6 is 23.4 Å². The molecule has 0 aliphatic heterocycles. The molecule has 8 heteroatoms. The van der Waals surface area contributed by atoms with Crippen molar-refractivity contribution in [2.24, 2.45) is 0 Å². The molecule has 1 aromatic carbocycles. The van der Waals surface area contributed by atoms with E-state index in [1.165, 1.54) is 22.2 Å². The molecule has 0 bridgehead atoms. The number of thioether (sulfide) groups is 1. The van der Waals surface area contributed by atoms with E-state index in [4.69, 9.17) is 16.0 Å². The van der Waals surface area contributed by atoms with Crippen molar-refractivity contribution in [1.82, 2.24) is 19.4 Å². The van der Waals surface area contributed by atoms with Gasteiger partial charge in [-0.1, -0.05) is 41.6 Å². The molecule has 5 aromatic rings. The number of fused-ring (bicyclic) bond motifs is 2. The second-order valence-corrected chi connectivity index (χ2v) is 7.70. The average molecular weight is 421 g/mol. The van der Waals surface area contributed by atoms with Gasteiger partial charge in [-0.05, 0) is 30.3 Å². The standard InChI is InChI=1S/C21H13ClN4O2S/c22-13-7-8-18-23-14(10-19(27)26(18)11-13)12-29-21-15-4-1-2-5-16(15)24-20(25-21)17-6-3-9-28-17/h1-11H,12H2.